The number of nitrogens with one attached hydrogen (secondary N) is 1. The second kappa shape index (κ2) is 6.56. The van der Waals surface area contributed by atoms with E-state index in [9.17, 15) is 10.1 Å². The quantitative estimate of drug-likeness (QED) is 0.649. The maximum Gasteiger partial charge on any atom is 0.331 e. The highest BCUT2D eigenvalue weighted by molar-refractivity contribution is 5.48. The summed E-state index contributed by atoms with van der Waals surface area (Å²) in [4.78, 5) is 14.5. The van der Waals surface area contributed by atoms with Crippen molar-refractivity contribution in [3.05, 3.63) is 52.1 Å². The lowest BCUT2D eigenvalue weighted by atomic mass is 10.2. The Balaban J connectivity index is 2.15. The fraction of sp³-hybridized carbons (Fsp3) is 0.214. The summed E-state index contributed by atoms with van der Waals surface area (Å²) in [6.07, 6.45) is 0. The first kappa shape index (κ1) is 14.6. The molecular weight excluding hydrogens is 274 g/mol. The molecule has 0 fully saturated rings. The second-order valence-corrected chi connectivity index (χ2v) is 4.16. The van der Waals surface area contributed by atoms with E-state index in [1.807, 2.05) is 12.1 Å². The summed E-state index contributed by atoms with van der Waals surface area (Å²) in [7, 11) is 3.27. The van der Waals surface area contributed by atoms with E-state index in [2.05, 4.69) is 10.3 Å². The van der Waals surface area contributed by atoms with Crippen LogP contribution in [0.1, 0.15) is 5.56 Å². The summed E-state index contributed by atoms with van der Waals surface area (Å²) >= 11 is 0. The van der Waals surface area contributed by atoms with Gasteiger partial charge in [0.25, 0.3) is 5.88 Å². The van der Waals surface area contributed by atoms with Crippen LogP contribution < -0.4 is 14.8 Å². The molecule has 0 atom stereocenters. The number of methoxy groups -OCH3 is 1. The number of aromatic nitrogens is 1. The Bertz CT molecular complexity index is 629. The SMILES string of the molecule is CNc1ccc([N+](=O)[O-])c(OCc2ccc(OC)cc2)n1. The predicted octanol–water partition coefficient (Wildman–Crippen LogP) is 2.62. The summed E-state index contributed by atoms with van der Waals surface area (Å²) in [6.45, 7) is 0.186. The molecule has 2 rings (SSSR count). The lowest BCUT2D eigenvalue weighted by Gasteiger charge is -2.08. The van der Waals surface area contributed by atoms with E-state index in [0.717, 1.165) is 11.3 Å². The van der Waals surface area contributed by atoms with E-state index < -0.39 is 4.92 Å². The van der Waals surface area contributed by atoms with Crippen LogP contribution in [0.4, 0.5) is 11.5 Å². The Kier molecular flexibility index (Phi) is 4.55. The van der Waals surface area contributed by atoms with Crippen LogP contribution in [0.15, 0.2) is 36.4 Å². The van der Waals surface area contributed by atoms with Crippen molar-refractivity contribution < 1.29 is 14.4 Å². The molecular formula is C14H15N3O4. The third-order valence-electron chi connectivity index (χ3n) is 2.83. The van der Waals surface area contributed by atoms with Gasteiger partial charge in [0.2, 0.25) is 0 Å². The fourth-order valence-electron chi connectivity index (χ4n) is 1.69. The van der Waals surface area contributed by atoms with Crippen molar-refractivity contribution in [2.24, 2.45) is 0 Å². The minimum atomic E-state index is -0.518. The van der Waals surface area contributed by atoms with Gasteiger partial charge in [0.15, 0.2) is 0 Å². The Labute approximate surface area is 121 Å². The number of hydrogen-bond donors (Lipinski definition) is 1. The topological polar surface area (TPSA) is 86.5 Å². The minimum absolute atomic E-state index is 0.0114. The summed E-state index contributed by atoms with van der Waals surface area (Å²) in [5.74, 6) is 1.23. The van der Waals surface area contributed by atoms with Gasteiger partial charge in [-0.25, -0.2) is 0 Å². The molecule has 1 heterocycles. The van der Waals surface area contributed by atoms with Gasteiger partial charge in [-0.3, -0.25) is 10.1 Å². The van der Waals surface area contributed by atoms with Crippen LogP contribution in [0, 0.1) is 10.1 Å². The molecule has 0 unspecified atom stereocenters. The standard InChI is InChI=1S/C14H15N3O4/c1-15-13-8-7-12(17(18)19)14(16-13)21-9-10-3-5-11(20-2)6-4-10/h3-8H,9H2,1-2H3,(H,15,16). The molecule has 0 bridgehead atoms. The molecule has 7 heteroatoms. The molecule has 0 radical (unpaired) electrons. The molecule has 0 aliphatic heterocycles. The van der Waals surface area contributed by atoms with Crippen LogP contribution in [0.5, 0.6) is 11.6 Å². The Hall–Kier alpha value is -2.83. The van der Waals surface area contributed by atoms with Crippen molar-refractivity contribution in [2.75, 3.05) is 19.5 Å². The molecule has 110 valence electrons. The molecule has 1 aromatic heterocycles. The van der Waals surface area contributed by atoms with Crippen LogP contribution in [-0.2, 0) is 6.61 Å². The normalized spacial score (nSPS) is 10.0. The van der Waals surface area contributed by atoms with Crippen molar-refractivity contribution >= 4 is 11.5 Å². The van der Waals surface area contributed by atoms with Gasteiger partial charge >= 0.3 is 5.69 Å². The third-order valence-corrected chi connectivity index (χ3v) is 2.83. The van der Waals surface area contributed by atoms with E-state index in [0.29, 0.717) is 5.82 Å². The zero-order chi connectivity index (χ0) is 15.2. The first-order valence-corrected chi connectivity index (χ1v) is 6.23. The largest absolute Gasteiger partial charge is 0.497 e. The molecule has 0 saturated heterocycles. The average molecular weight is 289 g/mol. The zero-order valence-electron chi connectivity index (χ0n) is 11.7. The van der Waals surface area contributed by atoms with Gasteiger partial charge < -0.3 is 14.8 Å². The number of nitrogens with zero attached hydrogens (tertiary/aromatic N) is 2. The number of anilines is 1. The number of hydrogen-bond acceptors (Lipinski definition) is 6. The van der Waals surface area contributed by atoms with Gasteiger partial charge in [0.05, 0.1) is 12.0 Å². The third kappa shape index (κ3) is 3.59. The van der Waals surface area contributed by atoms with Gasteiger partial charge in [-0.2, -0.15) is 4.98 Å². The van der Waals surface area contributed by atoms with E-state index in [1.165, 1.54) is 12.1 Å². The van der Waals surface area contributed by atoms with Gasteiger partial charge in [-0.1, -0.05) is 12.1 Å². The molecule has 0 aliphatic rings. The molecule has 0 amide bonds. The average Bonchev–Trinajstić information content (AvgIpc) is 2.52. The molecule has 0 aliphatic carbocycles. The summed E-state index contributed by atoms with van der Waals surface area (Å²) in [5.41, 5.74) is 0.698. The van der Waals surface area contributed by atoms with Crippen LogP contribution in [0.3, 0.4) is 0 Å². The number of nitro groups is 1. The predicted molar refractivity (Wildman–Crippen MR) is 77.8 cm³/mol. The minimum Gasteiger partial charge on any atom is -0.497 e. The van der Waals surface area contributed by atoms with Gasteiger partial charge in [0.1, 0.15) is 18.2 Å². The van der Waals surface area contributed by atoms with E-state index in [-0.39, 0.29) is 18.2 Å². The van der Waals surface area contributed by atoms with Crippen molar-refractivity contribution in [1.29, 1.82) is 0 Å². The first-order valence-electron chi connectivity index (χ1n) is 6.23. The maximum atomic E-state index is 11.0. The Morgan fingerprint density at radius 1 is 1.24 bits per heavy atom. The number of benzene rings is 1. The molecule has 2 aromatic rings. The van der Waals surface area contributed by atoms with Crippen LogP contribution in [0.25, 0.3) is 0 Å². The zero-order valence-corrected chi connectivity index (χ0v) is 11.7. The van der Waals surface area contributed by atoms with E-state index in [4.69, 9.17) is 9.47 Å². The monoisotopic (exact) mass is 289 g/mol. The Morgan fingerprint density at radius 2 is 1.95 bits per heavy atom. The van der Waals surface area contributed by atoms with Crippen molar-refractivity contribution in [1.82, 2.24) is 4.98 Å². The lowest BCUT2D eigenvalue weighted by Crippen LogP contribution is -2.03. The van der Waals surface area contributed by atoms with Gasteiger partial charge in [0, 0.05) is 13.1 Å². The highest BCUT2D eigenvalue weighted by atomic mass is 16.6. The molecule has 1 N–H and O–H groups in total. The van der Waals surface area contributed by atoms with Crippen LogP contribution in [-0.4, -0.2) is 24.1 Å². The number of ether oxygens (including phenoxy) is 2. The van der Waals surface area contributed by atoms with Crippen molar-refractivity contribution in [3.63, 3.8) is 0 Å². The van der Waals surface area contributed by atoms with E-state index in [1.54, 1.807) is 26.3 Å². The van der Waals surface area contributed by atoms with E-state index >= 15 is 0 Å². The fourth-order valence-corrected chi connectivity index (χ4v) is 1.69. The maximum absolute atomic E-state index is 11.0. The second-order valence-electron chi connectivity index (χ2n) is 4.16. The lowest BCUT2D eigenvalue weighted by molar-refractivity contribution is -0.386. The number of pyridine rings is 1. The molecule has 1 aromatic carbocycles. The molecule has 7 nitrogen and oxygen atoms in total. The smallest absolute Gasteiger partial charge is 0.331 e. The summed E-state index contributed by atoms with van der Waals surface area (Å²) < 4.78 is 10.5. The molecule has 0 spiro atoms. The van der Waals surface area contributed by atoms with Gasteiger partial charge in [-0.15, -0.1) is 0 Å². The van der Waals surface area contributed by atoms with Crippen LogP contribution in [0.2, 0.25) is 0 Å². The molecule has 0 saturated carbocycles. The molecule has 21 heavy (non-hydrogen) atoms. The van der Waals surface area contributed by atoms with Gasteiger partial charge in [-0.05, 0) is 23.8 Å². The van der Waals surface area contributed by atoms with Crippen molar-refractivity contribution in [3.8, 4) is 11.6 Å². The first-order chi connectivity index (χ1) is 10.1. The highest BCUT2D eigenvalue weighted by Gasteiger charge is 2.17. The Morgan fingerprint density at radius 3 is 2.52 bits per heavy atom. The summed E-state index contributed by atoms with van der Waals surface area (Å²) in [5, 5.41) is 13.8. The van der Waals surface area contributed by atoms with Crippen LogP contribution >= 0.6 is 0 Å². The van der Waals surface area contributed by atoms with Crippen molar-refractivity contribution in [2.45, 2.75) is 6.61 Å². The number of rotatable bonds is 6. The summed E-state index contributed by atoms with van der Waals surface area (Å²) in [6, 6.07) is 10.1. The highest BCUT2D eigenvalue weighted by Crippen LogP contribution is 2.27.